The minimum absolute atomic E-state index is 0.00331. The summed E-state index contributed by atoms with van der Waals surface area (Å²) >= 11 is 6.85. The zero-order valence-electron chi connectivity index (χ0n) is 18.4. The first kappa shape index (κ1) is 24.3. The molecular formula is C25H26ClO4PS. The van der Waals surface area contributed by atoms with E-state index in [1.54, 1.807) is 81.4 Å². The summed E-state index contributed by atoms with van der Waals surface area (Å²) in [6, 6.07) is 24.0. The van der Waals surface area contributed by atoms with Crippen LogP contribution >= 0.6 is 18.7 Å². The zero-order valence-corrected chi connectivity index (χ0v) is 20.9. The SMILES string of the molecule is Cc1ccc(S(=O)(=O)O/C(=C(/Cl)P(=O)(c2ccccc2)c2ccccc2)C(C)(C)C)cc1. The Morgan fingerprint density at radius 1 is 0.812 bits per heavy atom. The molecule has 0 aliphatic carbocycles. The van der Waals surface area contributed by atoms with Gasteiger partial charge in [0.1, 0.15) is 15.4 Å². The van der Waals surface area contributed by atoms with Gasteiger partial charge in [-0.05, 0) is 19.1 Å². The van der Waals surface area contributed by atoms with Gasteiger partial charge in [-0.15, -0.1) is 0 Å². The fraction of sp³-hybridized carbons (Fsp3) is 0.200. The van der Waals surface area contributed by atoms with Gasteiger partial charge in [0.15, 0.2) is 7.14 Å². The van der Waals surface area contributed by atoms with Crippen molar-refractivity contribution in [1.82, 2.24) is 0 Å². The van der Waals surface area contributed by atoms with E-state index in [1.807, 2.05) is 19.1 Å². The van der Waals surface area contributed by atoms with Crippen molar-refractivity contribution in [3.63, 3.8) is 0 Å². The molecule has 4 nitrogen and oxygen atoms in total. The Balaban J connectivity index is 2.25. The van der Waals surface area contributed by atoms with Crippen LogP contribution in [0.3, 0.4) is 0 Å². The predicted molar refractivity (Wildman–Crippen MR) is 132 cm³/mol. The van der Waals surface area contributed by atoms with Crippen LogP contribution < -0.4 is 10.6 Å². The Morgan fingerprint density at radius 2 is 1.25 bits per heavy atom. The van der Waals surface area contributed by atoms with Gasteiger partial charge in [0.2, 0.25) is 0 Å². The Kier molecular flexibility index (Phi) is 7.04. The molecule has 3 aromatic rings. The van der Waals surface area contributed by atoms with Crippen molar-refractivity contribution in [2.45, 2.75) is 32.6 Å². The van der Waals surface area contributed by atoms with Crippen LogP contribution in [0.15, 0.2) is 100 Å². The first-order valence-corrected chi connectivity index (χ1v) is 13.6. The lowest BCUT2D eigenvalue weighted by molar-refractivity contribution is 0.295. The van der Waals surface area contributed by atoms with Crippen LogP contribution in [-0.4, -0.2) is 8.42 Å². The van der Waals surface area contributed by atoms with E-state index < -0.39 is 22.7 Å². The molecule has 0 N–H and O–H groups in total. The van der Waals surface area contributed by atoms with E-state index in [0.29, 0.717) is 10.6 Å². The van der Waals surface area contributed by atoms with Gasteiger partial charge in [0, 0.05) is 16.0 Å². The number of allylic oxidation sites excluding steroid dienone is 1. The number of hydrogen-bond acceptors (Lipinski definition) is 4. The maximum atomic E-state index is 14.6. The average molecular weight is 489 g/mol. The molecule has 3 rings (SSSR count). The van der Waals surface area contributed by atoms with Crippen LogP contribution in [-0.2, 0) is 18.9 Å². The molecule has 0 bridgehead atoms. The maximum Gasteiger partial charge on any atom is 0.338 e. The summed E-state index contributed by atoms with van der Waals surface area (Å²) in [5.74, 6) is -0.0456. The summed E-state index contributed by atoms with van der Waals surface area (Å²) in [6.07, 6.45) is 0. The smallest absolute Gasteiger partial charge is 0.338 e. The summed E-state index contributed by atoms with van der Waals surface area (Å²) in [4.78, 5) is 0.00331. The van der Waals surface area contributed by atoms with E-state index >= 15 is 0 Å². The van der Waals surface area contributed by atoms with Gasteiger partial charge in [-0.1, -0.05) is 111 Å². The van der Waals surface area contributed by atoms with Crippen LogP contribution in [0.4, 0.5) is 0 Å². The van der Waals surface area contributed by atoms with E-state index in [2.05, 4.69) is 0 Å². The van der Waals surface area contributed by atoms with Gasteiger partial charge in [0.25, 0.3) is 0 Å². The van der Waals surface area contributed by atoms with E-state index in [4.69, 9.17) is 15.8 Å². The lowest BCUT2D eigenvalue weighted by atomic mass is 9.95. The van der Waals surface area contributed by atoms with E-state index in [1.165, 1.54) is 12.1 Å². The highest BCUT2D eigenvalue weighted by Gasteiger charge is 2.39. The second-order valence-corrected chi connectivity index (χ2v) is 13.4. The van der Waals surface area contributed by atoms with Crippen molar-refractivity contribution < 1.29 is 17.2 Å². The van der Waals surface area contributed by atoms with Crippen molar-refractivity contribution >= 4 is 39.5 Å². The summed E-state index contributed by atoms with van der Waals surface area (Å²) in [6.45, 7) is 7.19. The Bertz CT molecular complexity index is 1220. The van der Waals surface area contributed by atoms with Crippen molar-refractivity contribution in [3.8, 4) is 0 Å². The molecule has 0 radical (unpaired) electrons. The third-order valence-corrected chi connectivity index (χ3v) is 9.82. The molecule has 0 amide bonds. The zero-order chi connectivity index (χ0) is 23.6. The third-order valence-electron chi connectivity index (χ3n) is 4.89. The molecule has 0 saturated carbocycles. The van der Waals surface area contributed by atoms with Crippen LogP contribution in [0.2, 0.25) is 0 Å². The fourth-order valence-corrected chi connectivity index (χ4v) is 7.86. The molecule has 0 aliphatic heterocycles. The predicted octanol–water partition coefficient (Wildman–Crippen LogP) is 6.17. The standard InChI is InChI=1S/C25H26ClO4PS/c1-19-15-17-22(18-16-19)32(28,29)30-23(25(2,3)4)24(26)31(27,20-11-7-5-8-12-20)21-13-9-6-10-14-21/h5-18H,1-4H3/b24-23-. The largest absolute Gasteiger partial charge is 0.381 e. The molecule has 3 aromatic carbocycles. The highest BCUT2D eigenvalue weighted by molar-refractivity contribution is 7.87. The van der Waals surface area contributed by atoms with Crippen molar-refractivity contribution in [2.75, 3.05) is 0 Å². The maximum absolute atomic E-state index is 14.6. The molecule has 0 unspecified atom stereocenters. The first-order chi connectivity index (χ1) is 15.0. The van der Waals surface area contributed by atoms with Gasteiger partial charge < -0.3 is 8.75 Å². The van der Waals surface area contributed by atoms with Gasteiger partial charge in [-0.3, -0.25) is 0 Å². The van der Waals surface area contributed by atoms with Crippen molar-refractivity contribution in [2.24, 2.45) is 5.41 Å². The molecule has 0 fully saturated rings. The van der Waals surface area contributed by atoms with Gasteiger partial charge in [-0.2, -0.15) is 8.42 Å². The normalized spacial score (nSPS) is 13.4. The summed E-state index contributed by atoms with van der Waals surface area (Å²) in [7, 11) is -7.79. The van der Waals surface area contributed by atoms with Crippen LogP contribution in [0.1, 0.15) is 26.3 Å². The van der Waals surface area contributed by atoms with Gasteiger partial charge >= 0.3 is 10.1 Å². The average Bonchev–Trinajstić information content (AvgIpc) is 2.77. The van der Waals surface area contributed by atoms with Crippen LogP contribution in [0.5, 0.6) is 0 Å². The van der Waals surface area contributed by atoms with Crippen molar-refractivity contribution in [1.29, 1.82) is 0 Å². The lowest BCUT2D eigenvalue weighted by Crippen LogP contribution is -2.22. The molecule has 168 valence electrons. The number of aryl methyl sites for hydroxylation is 1. The Labute approximate surface area is 195 Å². The molecule has 0 spiro atoms. The molecule has 0 aliphatic rings. The molecule has 7 heteroatoms. The third kappa shape index (κ3) is 5.01. The van der Waals surface area contributed by atoms with E-state index in [9.17, 15) is 13.0 Å². The van der Waals surface area contributed by atoms with Gasteiger partial charge in [0.05, 0.1) is 0 Å². The minimum atomic E-state index is -4.19. The molecule has 0 atom stereocenters. The number of hydrogen-bond donors (Lipinski definition) is 0. The number of halogens is 1. The number of benzene rings is 3. The molecule has 32 heavy (non-hydrogen) atoms. The van der Waals surface area contributed by atoms with Gasteiger partial charge in [-0.25, -0.2) is 0 Å². The molecular weight excluding hydrogens is 463 g/mol. The summed E-state index contributed by atoms with van der Waals surface area (Å²) in [5, 5.41) is 0.989. The van der Waals surface area contributed by atoms with Crippen LogP contribution in [0, 0.1) is 12.3 Å². The lowest BCUT2D eigenvalue weighted by Gasteiger charge is -2.28. The molecule has 0 saturated heterocycles. The Morgan fingerprint density at radius 3 is 1.66 bits per heavy atom. The topological polar surface area (TPSA) is 60.4 Å². The monoisotopic (exact) mass is 488 g/mol. The quantitative estimate of drug-likeness (QED) is 0.236. The highest BCUT2D eigenvalue weighted by atomic mass is 35.5. The second-order valence-electron chi connectivity index (χ2n) is 8.50. The fourth-order valence-electron chi connectivity index (χ4n) is 3.13. The Hall–Kier alpha value is -2.33. The second kappa shape index (κ2) is 9.27. The molecule has 0 aromatic heterocycles. The first-order valence-electron chi connectivity index (χ1n) is 10.1. The summed E-state index contributed by atoms with van der Waals surface area (Å²) in [5.41, 5.74) is 0.0832. The van der Waals surface area contributed by atoms with Crippen LogP contribution in [0.25, 0.3) is 0 Å². The highest BCUT2D eigenvalue weighted by Crippen LogP contribution is 2.57. The van der Waals surface area contributed by atoms with E-state index in [-0.39, 0.29) is 15.4 Å². The minimum Gasteiger partial charge on any atom is -0.381 e. The number of rotatable bonds is 6. The molecule has 0 heterocycles. The van der Waals surface area contributed by atoms with Crippen molar-refractivity contribution in [3.05, 3.63) is 101 Å². The van der Waals surface area contributed by atoms with E-state index in [0.717, 1.165) is 5.56 Å². The summed E-state index contributed by atoms with van der Waals surface area (Å²) < 4.78 is 46.3.